The van der Waals surface area contributed by atoms with Crippen molar-refractivity contribution in [2.24, 2.45) is 0 Å². The number of para-hydroxylation sites is 1. The first-order chi connectivity index (χ1) is 9.27. The van der Waals surface area contributed by atoms with Gasteiger partial charge in [0.1, 0.15) is 0 Å². The van der Waals surface area contributed by atoms with Gasteiger partial charge in [-0.2, -0.15) is 0 Å². The van der Waals surface area contributed by atoms with E-state index in [4.69, 9.17) is 4.98 Å². The van der Waals surface area contributed by atoms with Crippen LogP contribution in [-0.4, -0.2) is 9.38 Å². The third-order valence-electron chi connectivity index (χ3n) is 3.86. The van der Waals surface area contributed by atoms with Crippen LogP contribution < -0.4 is 0 Å². The van der Waals surface area contributed by atoms with Crippen LogP contribution in [0.1, 0.15) is 11.4 Å². The van der Waals surface area contributed by atoms with Gasteiger partial charge in [0.15, 0.2) is 0 Å². The number of nitrogens with zero attached hydrogens (tertiary/aromatic N) is 2. The smallest absolute Gasteiger partial charge is 0.0614 e. The van der Waals surface area contributed by atoms with Crippen LogP contribution in [0.25, 0.3) is 27.3 Å². The monoisotopic (exact) mass is 542 g/mol. The fourth-order valence-corrected chi connectivity index (χ4v) is 2.82. The van der Waals surface area contributed by atoms with Crippen molar-refractivity contribution in [3.63, 3.8) is 0 Å². The molecule has 0 saturated carbocycles. The molecule has 0 N–H and O–H groups in total. The van der Waals surface area contributed by atoms with E-state index >= 15 is 0 Å². The Labute approximate surface area is 169 Å². The first kappa shape index (κ1) is 19.4. The Kier molecular flexibility index (Phi) is 6.47. The van der Waals surface area contributed by atoms with Gasteiger partial charge < -0.3 is 11.8 Å². The quantitative estimate of drug-likeness (QED) is 0.237. The van der Waals surface area contributed by atoms with Crippen molar-refractivity contribution in [1.82, 2.24) is 9.38 Å². The van der Waals surface area contributed by atoms with Crippen LogP contribution >= 0.6 is 0 Å². The van der Waals surface area contributed by atoms with Crippen molar-refractivity contribution in [1.29, 1.82) is 0 Å². The molecule has 2 heterocycles. The number of hydrogen-bond donors (Lipinski definition) is 0. The van der Waals surface area contributed by atoms with Crippen molar-refractivity contribution in [3.05, 3.63) is 67.3 Å². The van der Waals surface area contributed by atoms with E-state index in [1.165, 1.54) is 22.0 Å². The summed E-state index contributed by atoms with van der Waals surface area (Å²) in [5.41, 5.74) is 4.49. The van der Waals surface area contributed by atoms with Gasteiger partial charge in [0.2, 0.25) is 0 Å². The molecule has 0 atom stereocenters. The summed E-state index contributed by atoms with van der Waals surface area (Å²) in [6, 6.07) is 18.0. The maximum absolute atomic E-state index is 4.72. The molecule has 0 unspecified atom stereocenters. The Morgan fingerprint density at radius 3 is 2.45 bits per heavy atom. The Balaban J connectivity index is 0.000000807. The van der Waals surface area contributed by atoms with Gasteiger partial charge in [0, 0.05) is 69.7 Å². The first-order valence-electron chi connectivity index (χ1n) is 6.44. The maximum atomic E-state index is 4.72. The largest absolute Gasteiger partial charge is 0.358 e. The second kappa shape index (κ2) is 7.32. The molecule has 112 valence electrons. The van der Waals surface area contributed by atoms with E-state index in [-0.39, 0.29) is 60.2 Å². The van der Waals surface area contributed by atoms with E-state index in [9.17, 15) is 0 Å². The molecule has 0 saturated heterocycles. The Morgan fingerprint density at radius 1 is 1.00 bits per heavy atom. The molecule has 2 aromatic heterocycles. The van der Waals surface area contributed by atoms with Crippen molar-refractivity contribution < 1.29 is 52.8 Å². The number of benzene rings is 2. The molecule has 22 heavy (non-hydrogen) atoms. The molecule has 0 aliphatic carbocycles. The first-order valence-corrected chi connectivity index (χ1v) is 6.44. The van der Waals surface area contributed by atoms with Gasteiger partial charge in [-0.05, 0) is 25.3 Å². The summed E-state index contributed by atoms with van der Waals surface area (Å²) in [6.07, 6.45) is 0. The van der Waals surface area contributed by atoms with Crippen LogP contribution in [0.4, 0.5) is 0 Å². The minimum Gasteiger partial charge on any atom is -0.358 e. The molecular formula is C18H16IrN2Y-2. The summed E-state index contributed by atoms with van der Waals surface area (Å²) in [4.78, 5) is 4.72. The zero-order chi connectivity index (χ0) is 13.0. The summed E-state index contributed by atoms with van der Waals surface area (Å²) < 4.78 is 2.24. The Hall–Kier alpha value is -0.597. The molecule has 2 nitrogen and oxygen atoms in total. The SMILES string of the molecule is Cc1nc2c3[c-]cccc3c3ccccc3n2c1C.[CH3-].[Ir].[Y]. The summed E-state index contributed by atoms with van der Waals surface area (Å²) in [5.74, 6) is 0. The Bertz CT molecular complexity index is 944. The molecule has 2 aromatic carbocycles. The molecule has 0 spiro atoms. The average Bonchev–Trinajstić information content (AvgIpc) is 2.76. The predicted molar refractivity (Wildman–Crippen MR) is 84.9 cm³/mol. The van der Waals surface area contributed by atoms with Crippen molar-refractivity contribution in [2.75, 3.05) is 0 Å². The molecule has 4 heteroatoms. The van der Waals surface area contributed by atoms with Gasteiger partial charge in [0.25, 0.3) is 0 Å². The van der Waals surface area contributed by atoms with Crippen LogP contribution in [-0.2, 0) is 52.8 Å². The number of aromatic nitrogens is 2. The average molecular weight is 541 g/mol. The number of aryl methyl sites for hydroxylation is 2. The zero-order valence-electron chi connectivity index (χ0n) is 12.8. The summed E-state index contributed by atoms with van der Waals surface area (Å²) in [6.45, 7) is 4.18. The second-order valence-corrected chi connectivity index (χ2v) is 4.92. The standard InChI is InChI=1S/C17H13N2.CH3.Ir.Y/c1-11-12(2)19-16-10-6-5-8-14(16)13-7-3-4-9-15(13)17(19)18-11;;;/h3-8,10H,1-2H3;1H3;;/q2*-1;;. The molecular weight excluding hydrogens is 525 g/mol. The second-order valence-electron chi connectivity index (χ2n) is 4.92. The van der Waals surface area contributed by atoms with Gasteiger partial charge in [-0.1, -0.05) is 23.6 Å². The van der Waals surface area contributed by atoms with Crippen LogP contribution in [0.5, 0.6) is 0 Å². The fourth-order valence-electron chi connectivity index (χ4n) is 2.82. The summed E-state index contributed by atoms with van der Waals surface area (Å²) in [7, 11) is 0. The minimum atomic E-state index is 0. The number of imidazole rings is 1. The maximum Gasteiger partial charge on any atom is 0.0614 e. The minimum absolute atomic E-state index is 0. The number of fused-ring (bicyclic) bond motifs is 6. The third-order valence-corrected chi connectivity index (χ3v) is 3.86. The van der Waals surface area contributed by atoms with Crippen LogP contribution in [0, 0.1) is 27.3 Å². The topological polar surface area (TPSA) is 17.3 Å². The fraction of sp³-hybridized carbons (Fsp3) is 0.111. The normalized spacial score (nSPS) is 10.1. The number of hydrogen-bond acceptors (Lipinski definition) is 1. The van der Waals surface area contributed by atoms with E-state index in [1.807, 2.05) is 12.1 Å². The zero-order valence-corrected chi connectivity index (χ0v) is 18.1. The Morgan fingerprint density at radius 2 is 1.68 bits per heavy atom. The van der Waals surface area contributed by atoms with E-state index < -0.39 is 0 Å². The van der Waals surface area contributed by atoms with Crippen molar-refractivity contribution in [2.45, 2.75) is 13.8 Å². The van der Waals surface area contributed by atoms with Crippen LogP contribution in [0.3, 0.4) is 0 Å². The van der Waals surface area contributed by atoms with Crippen molar-refractivity contribution in [3.8, 4) is 0 Å². The third kappa shape index (κ3) is 2.69. The molecule has 4 rings (SSSR count). The molecule has 2 radical (unpaired) electrons. The summed E-state index contributed by atoms with van der Waals surface area (Å²) in [5, 5.41) is 3.57. The van der Waals surface area contributed by atoms with Gasteiger partial charge in [0.05, 0.1) is 5.65 Å². The molecule has 0 fully saturated rings. The van der Waals surface area contributed by atoms with Crippen LogP contribution in [0.15, 0.2) is 42.5 Å². The van der Waals surface area contributed by atoms with Gasteiger partial charge in [-0.25, -0.2) is 0 Å². The van der Waals surface area contributed by atoms with Gasteiger partial charge >= 0.3 is 0 Å². The molecule has 0 amide bonds. The van der Waals surface area contributed by atoms with Gasteiger partial charge in [-0.15, -0.1) is 29.7 Å². The van der Waals surface area contributed by atoms with E-state index in [1.54, 1.807) is 0 Å². The number of pyridine rings is 1. The van der Waals surface area contributed by atoms with Crippen LogP contribution in [0.2, 0.25) is 0 Å². The van der Waals surface area contributed by atoms with E-state index in [2.05, 4.69) is 54.6 Å². The molecule has 4 aromatic rings. The molecule has 0 aliphatic rings. The number of rotatable bonds is 0. The predicted octanol–water partition coefficient (Wildman–Crippen LogP) is 4.50. The molecule has 0 aliphatic heterocycles. The van der Waals surface area contributed by atoms with E-state index in [0.717, 1.165) is 16.7 Å². The van der Waals surface area contributed by atoms with E-state index in [0.29, 0.717) is 0 Å². The van der Waals surface area contributed by atoms with Crippen molar-refractivity contribution >= 4 is 27.3 Å². The van der Waals surface area contributed by atoms with Gasteiger partial charge in [-0.3, -0.25) is 4.98 Å². The molecule has 0 bridgehead atoms. The summed E-state index contributed by atoms with van der Waals surface area (Å²) >= 11 is 0.